The van der Waals surface area contributed by atoms with Crippen LogP contribution in [0.25, 0.3) is 21.9 Å². The third-order valence-electron chi connectivity index (χ3n) is 3.72. The number of benzene rings is 2. The van der Waals surface area contributed by atoms with Crippen LogP contribution in [0.15, 0.2) is 54.9 Å². The first kappa shape index (κ1) is 12.6. The van der Waals surface area contributed by atoms with E-state index in [9.17, 15) is 0 Å². The second kappa shape index (κ2) is 5.04. The predicted molar refractivity (Wildman–Crippen MR) is 89.6 cm³/mol. The maximum absolute atomic E-state index is 5.74. The number of nitrogens with two attached hydrogens (primary N) is 1. The zero-order chi connectivity index (χ0) is 14.9. The van der Waals surface area contributed by atoms with E-state index in [0.29, 0.717) is 5.82 Å². The molecule has 0 aliphatic carbocycles. The van der Waals surface area contributed by atoms with E-state index < -0.39 is 0 Å². The van der Waals surface area contributed by atoms with Gasteiger partial charge in [-0.25, -0.2) is 9.97 Å². The minimum Gasteiger partial charge on any atom is -0.384 e. The number of aromatic nitrogens is 3. The highest BCUT2D eigenvalue weighted by Gasteiger charge is 2.03. The molecule has 0 aliphatic rings. The second-order valence-corrected chi connectivity index (χ2v) is 5.22. The van der Waals surface area contributed by atoms with E-state index in [-0.39, 0.29) is 0 Å². The molecular weight excluding hydrogens is 274 g/mol. The molecule has 0 aliphatic heterocycles. The number of rotatable bonds is 3. The van der Waals surface area contributed by atoms with Crippen molar-refractivity contribution in [2.24, 2.45) is 0 Å². The largest absolute Gasteiger partial charge is 0.384 e. The van der Waals surface area contributed by atoms with Crippen LogP contribution in [0.5, 0.6) is 0 Å². The normalized spacial score (nSPS) is 11.1. The number of imidazole rings is 1. The summed E-state index contributed by atoms with van der Waals surface area (Å²) in [6, 6.07) is 16.0. The lowest BCUT2D eigenvalue weighted by Crippen LogP contribution is -2.00. The minimum atomic E-state index is 0.536. The van der Waals surface area contributed by atoms with Gasteiger partial charge in [0.15, 0.2) is 0 Å². The Labute approximate surface area is 127 Å². The summed E-state index contributed by atoms with van der Waals surface area (Å²) in [5, 5.41) is 4.53. The van der Waals surface area contributed by atoms with Crippen molar-refractivity contribution >= 4 is 33.4 Å². The highest BCUT2D eigenvalue weighted by molar-refractivity contribution is 5.92. The number of hydrogen-bond donors (Lipinski definition) is 3. The zero-order valence-corrected chi connectivity index (χ0v) is 11.9. The number of aromatic amines is 1. The molecule has 2 aromatic heterocycles. The fourth-order valence-corrected chi connectivity index (χ4v) is 2.61. The van der Waals surface area contributed by atoms with Crippen LogP contribution < -0.4 is 11.1 Å². The summed E-state index contributed by atoms with van der Waals surface area (Å²) in [7, 11) is 0. The van der Waals surface area contributed by atoms with Gasteiger partial charge in [0.05, 0.1) is 22.9 Å². The van der Waals surface area contributed by atoms with Gasteiger partial charge in [-0.1, -0.05) is 12.1 Å². The Morgan fingerprint density at radius 2 is 2.00 bits per heavy atom. The second-order valence-electron chi connectivity index (χ2n) is 5.22. The Morgan fingerprint density at radius 1 is 1.05 bits per heavy atom. The van der Waals surface area contributed by atoms with E-state index in [1.54, 1.807) is 6.33 Å². The van der Waals surface area contributed by atoms with Crippen LogP contribution in [-0.2, 0) is 6.54 Å². The summed E-state index contributed by atoms with van der Waals surface area (Å²) in [5.74, 6) is 0.536. The average Bonchev–Trinajstić information content (AvgIpc) is 3.00. The molecule has 5 heteroatoms. The van der Waals surface area contributed by atoms with Gasteiger partial charge in [-0.2, -0.15) is 0 Å². The van der Waals surface area contributed by atoms with Crippen molar-refractivity contribution in [3.8, 4) is 0 Å². The van der Waals surface area contributed by atoms with Gasteiger partial charge in [0.2, 0.25) is 0 Å². The maximum Gasteiger partial charge on any atom is 0.124 e. The molecule has 5 nitrogen and oxygen atoms in total. The molecule has 0 radical (unpaired) electrons. The van der Waals surface area contributed by atoms with E-state index in [2.05, 4.69) is 38.5 Å². The van der Waals surface area contributed by atoms with Crippen LogP contribution in [0.2, 0.25) is 0 Å². The summed E-state index contributed by atoms with van der Waals surface area (Å²) in [5.41, 5.74) is 10.9. The van der Waals surface area contributed by atoms with Crippen molar-refractivity contribution in [1.29, 1.82) is 0 Å². The number of hydrogen-bond acceptors (Lipinski definition) is 4. The van der Waals surface area contributed by atoms with E-state index in [4.69, 9.17) is 5.73 Å². The molecule has 0 amide bonds. The fourth-order valence-electron chi connectivity index (χ4n) is 2.61. The molecule has 4 rings (SSSR count). The van der Waals surface area contributed by atoms with Crippen molar-refractivity contribution < 1.29 is 0 Å². The van der Waals surface area contributed by atoms with Gasteiger partial charge in [-0.15, -0.1) is 0 Å². The van der Waals surface area contributed by atoms with Crippen LogP contribution in [0.1, 0.15) is 5.56 Å². The molecule has 0 unspecified atom stereocenters. The third-order valence-corrected chi connectivity index (χ3v) is 3.72. The van der Waals surface area contributed by atoms with Gasteiger partial charge in [0, 0.05) is 17.6 Å². The number of fused-ring (bicyclic) bond motifs is 2. The fraction of sp³-hybridized carbons (Fsp3) is 0.0588. The summed E-state index contributed by atoms with van der Waals surface area (Å²) in [6.45, 7) is 0.735. The van der Waals surface area contributed by atoms with Crippen LogP contribution in [-0.4, -0.2) is 15.0 Å². The summed E-state index contributed by atoms with van der Waals surface area (Å²) >= 11 is 0. The maximum atomic E-state index is 5.74. The van der Waals surface area contributed by atoms with E-state index in [1.165, 1.54) is 5.56 Å². The molecule has 2 aromatic carbocycles. The first-order valence-electron chi connectivity index (χ1n) is 7.11. The zero-order valence-electron chi connectivity index (χ0n) is 11.9. The van der Waals surface area contributed by atoms with Crippen molar-refractivity contribution in [2.45, 2.75) is 6.54 Å². The standard InChI is InChI=1S/C17H15N5/c18-17-7-5-12-13(2-1-3-14(12)22-17)19-9-11-4-6-15-16(8-11)21-10-20-15/h1-8,10,19H,9H2,(H2,18,22)(H,20,21). The van der Waals surface area contributed by atoms with Crippen molar-refractivity contribution in [3.05, 3.63) is 60.4 Å². The molecule has 4 N–H and O–H groups in total. The topological polar surface area (TPSA) is 79.6 Å². The molecule has 4 aromatic rings. The first-order valence-corrected chi connectivity index (χ1v) is 7.11. The molecule has 0 saturated carbocycles. The first-order chi connectivity index (χ1) is 10.8. The minimum absolute atomic E-state index is 0.536. The van der Waals surface area contributed by atoms with Crippen molar-refractivity contribution in [1.82, 2.24) is 15.0 Å². The summed E-state index contributed by atoms with van der Waals surface area (Å²) < 4.78 is 0. The molecule has 0 fully saturated rings. The van der Waals surface area contributed by atoms with Gasteiger partial charge >= 0.3 is 0 Å². The Hall–Kier alpha value is -3.08. The predicted octanol–water partition coefficient (Wildman–Crippen LogP) is 3.31. The van der Waals surface area contributed by atoms with Gasteiger partial charge in [0.1, 0.15) is 5.82 Å². The number of H-pyrrole nitrogens is 1. The van der Waals surface area contributed by atoms with Crippen LogP contribution >= 0.6 is 0 Å². The molecule has 2 heterocycles. The number of anilines is 2. The smallest absolute Gasteiger partial charge is 0.124 e. The van der Waals surface area contributed by atoms with E-state index >= 15 is 0 Å². The summed E-state index contributed by atoms with van der Waals surface area (Å²) in [6.07, 6.45) is 1.71. The van der Waals surface area contributed by atoms with Gasteiger partial charge < -0.3 is 16.0 Å². The Bertz CT molecular complexity index is 958. The molecular formula is C17H15N5. The lowest BCUT2D eigenvalue weighted by atomic mass is 10.1. The SMILES string of the molecule is Nc1ccc2c(NCc3ccc4nc[nH]c4c3)cccc2n1. The average molecular weight is 289 g/mol. The van der Waals surface area contributed by atoms with E-state index in [0.717, 1.165) is 34.2 Å². The van der Waals surface area contributed by atoms with E-state index in [1.807, 2.05) is 30.3 Å². The van der Waals surface area contributed by atoms with Gasteiger partial charge in [0.25, 0.3) is 0 Å². The molecule has 108 valence electrons. The number of nitrogens with zero attached hydrogens (tertiary/aromatic N) is 2. The highest BCUT2D eigenvalue weighted by Crippen LogP contribution is 2.23. The van der Waals surface area contributed by atoms with Crippen LogP contribution in [0.3, 0.4) is 0 Å². The lowest BCUT2D eigenvalue weighted by Gasteiger charge is -2.10. The highest BCUT2D eigenvalue weighted by atomic mass is 14.9. The number of pyridine rings is 1. The molecule has 0 spiro atoms. The summed E-state index contributed by atoms with van der Waals surface area (Å²) in [4.78, 5) is 11.7. The van der Waals surface area contributed by atoms with Gasteiger partial charge in [-0.3, -0.25) is 0 Å². The van der Waals surface area contributed by atoms with Crippen molar-refractivity contribution in [2.75, 3.05) is 11.1 Å². The Balaban J connectivity index is 1.63. The molecule has 0 atom stereocenters. The Morgan fingerprint density at radius 3 is 2.95 bits per heavy atom. The number of nitrogens with one attached hydrogen (secondary N) is 2. The quantitative estimate of drug-likeness (QED) is 0.540. The monoisotopic (exact) mass is 289 g/mol. The molecule has 0 bridgehead atoms. The van der Waals surface area contributed by atoms with Gasteiger partial charge in [-0.05, 0) is 42.0 Å². The van der Waals surface area contributed by atoms with Crippen molar-refractivity contribution in [3.63, 3.8) is 0 Å². The number of nitrogen functional groups attached to an aromatic ring is 1. The Kier molecular flexibility index (Phi) is 2.89. The lowest BCUT2D eigenvalue weighted by molar-refractivity contribution is 1.16. The molecule has 22 heavy (non-hydrogen) atoms. The van der Waals surface area contributed by atoms with Crippen LogP contribution in [0, 0.1) is 0 Å². The molecule has 0 saturated heterocycles. The van der Waals surface area contributed by atoms with Crippen LogP contribution in [0.4, 0.5) is 11.5 Å². The third kappa shape index (κ3) is 2.22.